The molecule has 5 N–H and O–H groups in total. The molecular weight excluding hydrogens is 1200 g/mol. The van der Waals surface area contributed by atoms with Gasteiger partial charge >= 0.3 is 59.1 Å². The molecule has 1 aliphatic rings. The van der Waals surface area contributed by atoms with E-state index in [-0.39, 0.29) is 147 Å². The van der Waals surface area contributed by atoms with Crippen molar-refractivity contribution in [2.45, 2.75) is 136 Å². The number of aliphatic hydroxyl groups excluding tert-OH is 1. The molecule has 1 fully saturated rings. The van der Waals surface area contributed by atoms with E-state index in [1.54, 1.807) is 36.4 Å². The van der Waals surface area contributed by atoms with E-state index in [9.17, 15) is 10.2 Å². The summed E-state index contributed by atoms with van der Waals surface area (Å²) in [5.74, 6) is 4.01. The van der Waals surface area contributed by atoms with Crippen molar-refractivity contribution >= 4 is 46.4 Å². The van der Waals surface area contributed by atoms with Gasteiger partial charge in [0, 0.05) is 17.9 Å². The number of rotatable bonds is 12. The Kier molecular flexibility index (Phi) is 45.6. The predicted octanol–water partition coefficient (Wildman–Crippen LogP) is 10.5. The largest absolute Gasteiger partial charge is 1.00 e. The summed E-state index contributed by atoms with van der Waals surface area (Å²) in [7, 11) is 1.00. The second kappa shape index (κ2) is 44.0. The number of benzene rings is 7. The second-order valence-electron chi connectivity index (χ2n) is 22.8. The van der Waals surface area contributed by atoms with Crippen molar-refractivity contribution < 1.29 is 116 Å². The molecule has 16 heteroatoms. The quantitative estimate of drug-likeness (QED) is 0.0406. The Labute approximate surface area is 581 Å². The molecule has 0 aromatic heterocycles. The first-order valence-corrected chi connectivity index (χ1v) is 28.8. The van der Waals surface area contributed by atoms with E-state index < -0.39 is 0 Å². The fourth-order valence-electron chi connectivity index (χ4n) is 7.42. The Morgan fingerprint density at radius 1 is 0.318 bits per heavy atom. The Hall–Kier alpha value is -3.49. The average molecular weight is 1290 g/mol. The van der Waals surface area contributed by atoms with E-state index >= 15 is 0 Å². The van der Waals surface area contributed by atoms with E-state index in [1.165, 1.54) is 47.1 Å². The van der Waals surface area contributed by atoms with Gasteiger partial charge in [0.1, 0.15) is 40.2 Å². The van der Waals surface area contributed by atoms with Crippen LogP contribution in [0.1, 0.15) is 148 Å². The van der Waals surface area contributed by atoms with E-state index in [2.05, 4.69) is 139 Å². The molecule has 460 valence electrons. The molecule has 1 saturated carbocycles. The molecule has 0 spiro atoms. The average Bonchev–Trinajstić information content (AvgIpc) is 4.31. The molecule has 0 heterocycles. The fraction of sp³-hybridized carbons (Fsp3) is 0.377. The van der Waals surface area contributed by atoms with Gasteiger partial charge in [-0.3, -0.25) is 0 Å². The molecule has 9 nitrogen and oxygen atoms in total. The minimum Gasteiger partial charge on any atom is -1.00 e. The fourth-order valence-corrected chi connectivity index (χ4v) is 7.42. The van der Waals surface area contributed by atoms with Crippen molar-refractivity contribution in [3.63, 3.8) is 0 Å². The van der Waals surface area contributed by atoms with Crippen LogP contribution in [-0.4, -0.2) is 57.3 Å². The molecule has 0 atom stereocenters. The number of aromatic hydroxyl groups is 3. The van der Waals surface area contributed by atoms with E-state index in [4.69, 9.17) is 75.6 Å². The number of phenolic OH excluding ortho intramolecular Hbond substituents is 3. The van der Waals surface area contributed by atoms with Crippen LogP contribution in [0.3, 0.4) is 0 Å². The smallest absolute Gasteiger partial charge is 1.00 e. The first kappa shape index (κ1) is 87.9. The molecule has 0 amide bonds. The third-order valence-electron chi connectivity index (χ3n) is 12.8. The van der Waals surface area contributed by atoms with Crippen LogP contribution in [0.2, 0.25) is 0 Å². The SMILES string of the molecule is C1CC1.CC(C)(C)c1ccc(O)cc1.CC(C)(C)c1ccc(OCOc2ccc(C(C)(C)c3ccc(OCOc4ccc(C(C)(C)C)cc4)cc3)cc2)cc1.CC(C)(c1ccc(O)cc1)c1ccc(O)cc1.CO.ClCCl.ClCCl.[CH3-].[Cl-].[Na+].[Na+].[OH-]. The van der Waals surface area contributed by atoms with Gasteiger partial charge in [-0.2, -0.15) is 0 Å². The molecule has 0 aliphatic heterocycles. The maximum atomic E-state index is 9.30. The van der Waals surface area contributed by atoms with Crippen molar-refractivity contribution in [3.8, 4) is 40.2 Å². The summed E-state index contributed by atoms with van der Waals surface area (Å²) in [6.07, 6.45) is 4.50. The number of alkyl halides is 4. The van der Waals surface area contributed by atoms with Gasteiger partial charge in [0.2, 0.25) is 13.6 Å². The summed E-state index contributed by atoms with van der Waals surface area (Å²) < 4.78 is 23.2. The van der Waals surface area contributed by atoms with Crippen molar-refractivity contribution in [2.75, 3.05) is 31.4 Å². The summed E-state index contributed by atoms with van der Waals surface area (Å²) in [5.41, 5.74) is 8.51. The summed E-state index contributed by atoms with van der Waals surface area (Å²) in [6.45, 7) is 28.6. The van der Waals surface area contributed by atoms with Crippen molar-refractivity contribution in [1.29, 1.82) is 0 Å². The van der Waals surface area contributed by atoms with Gasteiger partial charge in [-0.1, -0.05) is 194 Å². The number of ether oxygens (including phenoxy) is 4. The molecule has 0 unspecified atom stereocenters. The van der Waals surface area contributed by atoms with Crippen LogP contribution in [0, 0.1) is 7.43 Å². The normalized spacial score (nSPS) is 11.0. The van der Waals surface area contributed by atoms with Crippen LogP contribution in [0.15, 0.2) is 170 Å². The Morgan fingerprint density at radius 3 is 0.612 bits per heavy atom. The van der Waals surface area contributed by atoms with Gasteiger partial charge in [0.15, 0.2) is 0 Å². The number of aliphatic hydroxyl groups is 1. The summed E-state index contributed by atoms with van der Waals surface area (Å²) >= 11 is 19.1. The van der Waals surface area contributed by atoms with Gasteiger partial charge < -0.3 is 64.7 Å². The standard InChI is InChI=1S/C37H44O4.C15H16O2.C10H14O.C3H6.2CH2Cl2.CH4O.CH3.ClH.2Na.H2O/c1-35(2,3)27-9-17-31(18-10-27)38-25-40-33-21-13-29(14-22-33)37(7,8)30-15-23-34(24-16-30)41-26-39-32-19-11-28(12-20-32)36(4,5)6;1-15(2,11-3-7-13(16)8-4-11)12-5-9-14(17)10-6-12;1-10(2,3)8-4-6-9(11)7-5-8;1-2-3-1;2*2-1-3;1-2;;;;;/h9-24H,25-26H2,1-8H3;3-10,16-17H,1-2H3;4-7,11H,1-3H3;1-3H2;2*1H2;2H,1H3;1H3;1H;;;1H2/q;;;;;;;-1;;2*+1;/p-2. The topological polar surface area (TPSA) is 148 Å². The minimum absolute atomic E-state index is 0. The first-order valence-electron chi connectivity index (χ1n) is 26.7. The Balaban J connectivity index is -0.000000612. The van der Waals surface area contributed by atoms with Crippen LogP contribution in [0.4, 0.5) is 0 Å². The van der Waals surface area contributed by atoms with Gasteiger partial charge in [0.25, 0.3) is 0 Å². The monoisotopic (exact) mass is 1290 g/mol. The molecule has 8 rings (SSSR count). The van der Waals surface area contributed by atoms with Crippen molar-refractivity contribution in [3.05, 3.63) is 216 Å². The van der Waals surface area contributed by atoms with E-state index in [0.717, 1.165) is 41.2 Å². The second-order valence-corrected chi connectivity index (χ2v) is 24.4. The van der Waals surface area contributed by atoms with Crippen LogP contribution in [-0.2, 0) is 27.1 Å². The molecular formula is C69H92Cl5Na2O9-. The number of hydrogen-bond acceptors (Lipinski definition) is 9. The third-order valence-corrected chi connectivity index (χ3v) is 12.8. The number of phenols is 3. The Morgan fingerprint density at radius 2 is 0.459 bits per heavy atom. The van der Waals surface area contributed by atoms with Crippen LogP contribution < -0.4 is 90.5 Å². The van der Waals surface area contributed by atoms with Gasteiger partial charge in [0.05, 0.1) is 10.7 Å². The zero-order valence-electron chi connectivity index (χ0n) is 53.4. The zero-order chi connectivity index (χ0) is 60.2. The van der Waals surface area contributed by atoms with E-state index in [1.807, 2.05) is 84.9 Å². The summed E-state index contributed by atoms with van der Waals surface area (Å²) in [5, 5.41) is 35.0. The number of halogens is 5. The van der Waals surface area contributed by atoms with Crippen molar-refractivity contribution in [2.24, 2.45) is 0 Å². The van der Waals surface area contributed by atoms with Crippen LogP contribution in [0.25, 0.3) is 0 Å². The molecule has 0 radical (unpaired) electrons. The number of hydrogen-bond donors (Lipinski definition) is 4. The van der Waals surface area contributed by atoms with Crippen LogP contribution in [0.5, 0.6) is 40.2 Å². The van der Waals surface area contributed by atoms with Gasteiger partial charge in [-0.25, -0.2) is 0 Å². The van der Waals surface area contributed by atoms with E-state index in [0.29, 0.717) is 5.75 Å². The van der Waals surface area contributed by atoms with Crippen LogP contribution >= 0.6 is 46.4 Å². The Bertz CT molecular complexity index is 2580. The minimum atomic E-state index is -0.187. The van der Waals surface area contributed by atoms with Crippen molar-refractivity contribution in [1.82, 2.24) is 0 Å². The maximum Gasteiger partial charge on any atom is 1.00 e. The van der Waals surface area contributed by atoms with Gasteiger partial charge in [-0.15, -0.1) is 46.4 Å². The molecule has 0 bridgehead atoms. The predicted molar refractivity (Wildman–Crippen MR) is 346 cm³/mol. The molecule has 1 aliphatic carbocycles. The van der Waals surface area contributed by atoms with Gasteiger partial charge in [-0.05, 0) is 140 Å². The molecule has 7 aromatic carbocycles. The summed E-state index contributed by atoms with van der Waals surface area (Å²) in [6, 6.07) is 54.6. The zero-order valence-corrected chi connectivity index (χ0v) is 61.2. The molecule has 7 aromatic rings. The molecule has 0 saturated heterocycles. The first-order chi connectivity index (χ1) is 37.6. The maximum absolute atomic E-state index is 9.30. The third kappa shape index (κ3) is 33.6. The molecule has 85 heavy (non-hydrogen) atoms. The summed E-state index contributed by atoms with van der Waals surface area (Å²) in [4.78, 5) is 0.